The van der Waals surface area contributed by atoms with Crippen LogP contribution in [0.4, 0.5) is 16.3 Å². The Morgan fingerprint density at radius 3 is 2.88 bits per heavy atom. The van der Waals surface area contributed by atoms with Gasteiger partial charge in [0, 0.05) is 38.1 Å². The zero-order valence-corrected chi connectivity index (χ0v) is 14.1. The van der Waals surface area contributed by atoms with Gasteiger partial charge >= 0.3 is 6.03 Å². The molecule has 1 fully saturated rings. The van der Waals surface area contributed by atoms with E-state index in [1.165, 1.54) is 5.56 Å². The second-order valence-corrected chi connectivity index (χ2v) is 6.31. The summed E-state index contributed by atoms with van der Waals surface area (Å²) in [4.78, 5) is 21.0. The first kappa shape index (κ1) is 15.9. The number of para-hydroxylation sites is 1. The monoisotopic (exact) mass is 338 g/mol. The zero-order valence-electron chi connectivity index (χ0n) is 14.1. The molecule has 0 atom stereocenters. The van der Waals surface area contributed by atoms with E-state index in [1.54, 1.807) is 6.20 Å². The molecule has 0 saturated carbocycles. The van der Waals surface area contributed by atoms with E-state index in [2.05, 4.69) is 21.3 Å². The Labute approximate surface area is 147 Å². The van der Waals surface area contributed by atoms with Crippen LogP contribution < -0.4 is 15.1 Å². The number of hydrogen-bond donors (Lipinski definition) is 1. The van der Waals surface area contributed by atoms with Crippen molar-refractivity contribution in [3.8, 4) is 0 Å². The highest BCUT2D eigenvalue weighted by Crippen LogP contribution is 2.27. The van der Waals surface area contributed by atoms with E-state index in [1.807, 2.05) is 35.2 Å². The van der Waals surface area contributed by atoms with Gasteiger partial charge in [-0.1, -0.05) is 18.2 Å². The average Bonchev–Trinajstić information content (AvgIpc) is 3.11. The first-order valence-electron chi connectivity index (χ1n) is 8.72. The maximum absolute atomic E-state index is 12.5. The maximum atomic E-state index is 12.5. The fourth-order valence-corrected chi connectivity index (χ4v) is 3.36. The van der Waals surface area contributed by atoms with E-state index in [0.29, 0.717) is 6.54 Å². The molecule has 2 amide bonds. The summed E-state index contributed by atoms with van der Waals surface area (Å²) in [5.74, 6) is 0.946. The van der Waals surface area contributed by atoms with Gasteiger partial charge in [-0.3, -0.25) is 4.90 Å². The van der Waals surface area contributed by atoms with Crippen molar-refractivity contribution in [2.24, 2.45) is 0 Å². The molecule has 1 N–H and O–H groups in total. The third-order valence-corrected chi connectivity index (χ3v) is 4.72. The topological polar surface area (TPSA) is 57.7 Å². The number of nitrogens with zero attached hydrogens (tertiary/aromatic N) is 3. The summed E-state index contributed by atoms with van der Waals surface area (Å²) in [6.45, 7) is 4.41. The molecule has 4 rings (SSSR count). The second kappa shape index (κ2) is 7.11. The van der Waals surface area contributed by atoms with Crippen LogP contribution in [0.2, 0.25) is 0 Å². The van der Waals surface area contributed by atoms with Crippen molar-refractivity contribution in [1.29, 1.82) is 0 Å². The largest absolute Gasteiger partial charge is 0.378 e. The Bertz CT molecular complexity index is 759. The number of fused-ring (bicyclic) bond motifs is 1. The number of amides is 2. The number of hydrogen-bond acceptors (Lipinski definition) is 4. The van der Waals surface area contributed by atoms with Gasteiger partial charge in [0.05, 0.1) is 13.2 Å². The quantitative estimate of drug-likeness (QED) is 0.932. The normalized spacial score (nSPS) is 16.6. The number of morpholine rings is 1. The summed E-state index contributed by atoms with van der Waals surface area (Å²) in [7, 11) is 0. The molecule has 25 heavy (non-hydrogen) atoms. The van der Waals surface area contributed by atoms with Gasteiger partial charge in [0.2, 0.25) is 0 Å². The number of aromatic nitrogens is 1. The predicted octanol–water partition coefficient (Wildman–Crippen LogP) is 2.19. The minimum absolute atomic E-state index is 0.0466. The highest BCUT2D eigenvalue weighted by atomic mass is 16.5. The van der Waals surface area contributed by atoms with Gasteiger partial charge in [-0.2, -0.15) is 0 Å². The molecule has 1 aromatic carbocycles. The van der Waals surface area contributed by atoms with E-state index in [0.717, 1.165) is 56.3 Å². The van der Waals surface area contributed by atoms with Gasteiger partial charge < -0.3 is 15.0 Å². The van der Waals surface area contributed by atoms with E-state index >= 15 is 0 Å². The SMILES string of the molecule is O=C(NCc1ccnc(N2CCOCC2)c1)N1CCc2ccccc21. The fraction of sp³-hybridized carbons (Fsp3) is 0.368. The molecule has 0 radical (unpaired) electrons. The highest BCUT2D eigenvalue weighted by molar-refractivity contribution is 5.94. The van der Waals surface area contributed by atoms with Crippen molar-refractivity contribution in [2.75, 3.05) is 42.6 Å². The first-order valence-corrected chi connectivity index (χ1v) is 8.72. The van der Waals surface area contributed by atoms with Crippen LogP contribution >= 0.6 is 0 Å². The standard InChI is InChI=1S/C19H22N4O2/c24-19(23-8-6-16-3-1-2-4-17(16)23)21-14-15-5-7-20-18(13-15)22-9-11-25-12-10-22/h1-5,7,13H,6,8-12,14H2,(H,21,24). The third kappa shape index (κ3) is 3.44. The van der Waals surface area contributed by atoms with Gasteiger partial charge in [-0.15, -0.1) is 0 Å². The molecule has 6 nitrogen and oxygen atoms in total. The van der Waals surface area contributed by atoms with Gasteiger partial charge in [0.25, 0.3) is 0 Å². The summed E-state index contributed by atoms with van der Waals surface area (Å²) in [6, 6.07) is 12.0. The van der Waals surface area contributed by atoms with Crippen LogP contribution in [-0.2, 0) is 17.7 Å². The summed E-state index contributed by atoms with van der Waals surface area (Å²) in [6.07, 6.45) is 2.72. The van der Waals surface area contributed by atoms with Crippen molar-refractivity contribution in [3.63, 3.8) is 0 Å². The molecule has 130 valence electrons. The predicted molar refractivity (Wildman–Crippen MR) is 97.0 cm³/mol. The molecule has 1 aromatic heterocycles. The summed E-state index contributed by atoms with van der Waals surface area (Å²) in [5.41, 5.74) is 3.30. The van der Waals surface area contributed by atoms with Crippen LogP contribution in [0.5, 0.6) is 0 Å². The van der Waals surface area contributed by atoms with E-state index in [9.17, 15) is 4.79 Å². The number of anilines is 2. The number of carbonyl (C=O) groups is 1. The van der Waals surface area contributed by atoms with Crippen molar-refractivity contribution in [3.05, 3.63) is 53.7 Å². The Hall–Kier alpha value is -2.60. The van der Waals surface area contributed by atoms with Crippen molar-refractivity contribution in [2.45, 2.75) is 13.0 Å². The lowest BCUT2D eigenvalue weighted by atomic mass is 10.2. The number of pyridine rings is 1. The smallest absolute Gasteiger partial charge is 0.322 e. The molecule has 0 unspecified atom stereocenters. The molecule has 2 aromatic rings. The van der Waals surface area contributed by atoms with Gasteiger partial charge in [-0.05, 0) is 35.7 Å². The lowest BCUT2D eigenvalue weighted by Crippen LogP contribution is -2.38. The molecule has 1 saturated heterocycles. The van der Waals surface area contributed by atoms with Crippen molar-refractivity contribution < 1.29 is 9.53 Å². The Morgan fingerprint density at radius 1 is 1.16 bits per heavy atom. The van der Waals surface area contributed by atoms with Crippen LogP contribution in [0.15, 0.2) is 42.6 Å². The summed E-state index contributed by atoms with van der Waals surface area (Å²) >= 11 is 0. The number of urea groups is 1. The molecule has 6 heteroatoms. The fourth-order valence-electron chi connectivity index (χ4n) is 3.36. The lowest BCUT2D eigenvalue weighted by molar-refractivity contribution is 0.122. The van der Waals surface area contributed by atoms with Gasteiger partial charge in [0.15, 0.2) is 0 Å². The number of carbonyl (C=O) groups excluding carboxylic acids is 1. The summed E-state index contributed by atoms with van der Waals surface area (Å²) in [5, 5.41) is 3.03. The molecular weight excluding hydrogens is 316 g/mol. The number of benzene rings is 1. The minimum atomic E-state index is -0.0466. The lowest BCUT2D eigenvalue weighted by Gasteiger charge is -2.28. The van der Waals surface area contributed by atoms with Crippen LogP contribution in [-0.4, -0.2) is 43.9 Å². The highest BCUT2D eigenvalue weighted by Gasteiger charge is 2.23. The minimum Gasteiger partial charge on any atom is -0.378 e. The molecule has 2 aliphatic rings. The van der Waals surface area contributed by atoms with E-state index < -0.39 is 0 Å². The van der Waals surface area contributed by atoms with Crippen LogP contribution in [0.3, 0.4) is 0 Å². The van der Waals surface area contributed by atoms with Crippen LogP contribution in [0, 0.1) is 0 Å². The Morgan fingerprint density at radius 2 is 2.00 bits per heavy atom. The van der Waals surface area contributed by atoms with Gasteiger partial charge in [0.1, 0.15) is 5.82 Å². The van der Waals surface area contributed by atoms with Crippen LogP contribution in [0.1, 0.15) is 11.1 Å². The van der Waals surface area contributed by atoms with Crippen molar-refractivity contribution >= 4 is 17.5 Å². The molecule has 0 bridgehead atoms. The number of rotatable bonds is 3. The average molecular weight is 338 g/mol. The Balaban J connectivity index is 1.39. The Kier molecular flexibility index (Phi) is 4.52. The summed E-state index contributed by atoms with van der Waals surface area (Å²) < 4.78 is 5.38. The van der Waals surface area contributed by atoms with E-state index in [4.69, 9.17) is 4.74 Å². The van der Waals surface area contributed by atoms with E-state index in [-0.39, 0.29) is 6.03 Å². The van der Waals surface area contributed by atoms with Crippen LogP contribution in [0.25, 0.3) is 0 Å². The molecule has 0 aliphatic carbocycles. The number of nitrogens with one attached hydrogen (secondary N) is 1. The zero-order chi connectivity index (χ0) is 17.1. The third-order valence-electron chi connectivity index (χ3n) is 4.72. The maximum Gasteiger partial charge on any atom is 0.322 e. The second-order valence-electron chi connectivity index (χ2n) is 6.31. The molecule has 3 heterocycles. The molecular formula is C19H22N4O2. The first-order chi connectivity index (χ1) is 12.3. The molecule has 2 aliphatic heterocycles. The van der Waals surface area contributed by atoms with Gasteiger partial charge in [-0.25, -0.2) is 9.78 Å². The number of ether oxygens (including phenoxy) is 1. The molecule has 0 spiro atoms. The van der Waals surface area contributed by atoms with Crippen molar-refractivity contribution in [1.82, 2.24) is 10.3 Å².